The van der Waals surface area contributed by atoms with Crippen LogP contribution in [0.3, 0.4) is 0 Å². The van der Waals surface area contributed by atoms with Gasteiger partial charge in [0, 0.05) is 0 Å². The van der Waals surface area contributed by atoms with Crippen molar-refractivity contribution in [2.75, 3.05) is 40.3 Å². The molecule has 2 aliphatic heterocycles. The summed E-state index contributed by atoms with van der Waals surface area (Å²) in [6.07, 6.45) is -0.247. The highest BCUT2D eigenvalue weighted by Crippen LogP contribution is 2.38. The van der Waals surface area contributed by atoms with Crippen LogP contribution in [0.5, 0.6) is 0 Å². The SMILES string of the molecule is CC(C)OC(=O)CC12C[NH+](C)CC(CC(=O)OC(C)C)(C[NH+](C)C1)C2=O. The summed E-state index contributed by atoms with van der Waals surface area (Å²) >= 11 is 0. The van der Waals surface area contributed by atoms with Crippen LogP contribution in [0.4, 0.5) is 0 Å². The van der Waals surface area contributed by atoms with Crippen LogP contribution >= 0.6 is 0 Å². The molecule has 7 nitrogen and oxygen atoms in total. The predicted octanol–water partition coefficient (Wildman–Crippen LogP) is -1.73. The molecule has 2 saturated heterocycles. The van der Waals surface area contributed by atoms with Gasteiger partial charge in [-0.25, -0.2) is 0 Å². The predicted molar refractivity (Wildman–Crippen MR) is 94.8 cm³/mol. The first-order valence-corrected chi connectivity index (χ1v) is 9.54. The van der Waals surface area contributed by atoms with Gasteiger partial charge in [0.2, 0.25) is 0 Å². The van der Waals surface area contributed by atoms with Crippen LogP contribution in [0, 0.1) is 10.8 Å². The van der Waals surface area contributed by atoms with Crippen LogP contribution < -0.4 is 9.80 Å². The Balaban J connectivity index is 2.30. The van der Waals surface area contributed by atoms with E-state index in [0.717, 1.165) is 0 Å². The molecule has 7 heteroatoms. The van der Waals surface area contributed by atoms with Gasteiger partial charge in [0.25, 0.3) is 0 Å². The lowest BCUT2D eigenvalue weighted by Crippen LogP contribution is -3.23. The van der Waals surface area contributed by atoms with E-state index in [1.807, 2.05) is 14.1 Å². The molecule has 2 heterocycles. The van der Waals surface area contributed by atoms with Crippen molar-refractivity contribution in [2.45, 2.75) is 52.7 Å². The zero-order valence-corrected chi connectivity index (χ0v) is 16.9. The van der Waals surface area contributed by atoms with Crippen molar-refractivity contribution in [1.82, 2.24) is 0 Å². The maximum absolute atomic E-state index is 13.5. The lowest BCUT2D eigenvalue weighted by Gasteiger charge is -2.51. The van der Waals surface area contributed by atoms with E-state index in [2.05, 4.69) is 0 Å². The number of carbonyl (C=O) groups is 3. The minimum atomic E-state index is -0.769. The number of likely N-dealkylation sites (tertiary alicyclic amines) is 2. The quantitative estimate of drug-likeness (QED) is 0.543. The highest BCUT2D eigenvalue weighted by atomic mass is 16.5. The molecule has 0 unspecified atom stereocenters. The average Bonchev–Trinajstić information content (AvgIpc) is 2.40. The number of piperidine rings is 2. The molecule has 2 aliphatic rings. The number of esters is 2. The van der Waals surface area contributed by atoms with Gasteiger partial charge in [-0.05, 0) is 27.7 Å². The second-order valence-corrected chi connectivity index (χ2v) is 8.94. The van der Waals surface area contributed by atoms with E-state index in [9.17, 15) is 14.4 Å². The molecule has 0 aliphatic carbocycles. The molecule has 0 spiro atoms. The Hall–Kier alpha value is -1.47. The topological polar surface area (TPSA) is 78.6 Å². The first-order chi connectivity index (χ1) is 12.0. The zero-order valence-electron chi connectivity index (χ0n) is 16.9. The van der Waals surface area contributed by atoms with E-state index < -0.39 is 10.8 Å². The van der Waals surface area contributed by atoms with Gasteiger partial charge in [-0.1, -0.05) is 0 Å². The molecule has 0 amide bonds. The van der Waals surface area contributed by atoms with Crippen molar-refractivity contribution >= 4 is 17.7 Å². The first-order valence-electron chi connectivity index (χ1n) is 9.54. The largest absolute Gasteiger partial charge is 0.463 e. The molecule has 148 valence electrons. The minimum absolute atomic E-state index is 0.0441. The molecule has 2 rings (SSSR count). The first kappa shape index (κ1) is 20.8. The highest BCUT2D eigenvalue weighted by Gasteiger charge is 2.65. The fraction of sp³-hybridized carbons (Fsp3) is 0.842. The van der Waals surface area contributed by atoms with Crippen molar-refractivity contribution in [2.24, 2.45) is 10.8 Å². The standard InChI is InChI=1S/C19H32N2O5/c1-13(2)25-15(22)7-18-9-20(5)11-19(17(18)24,12-21(6)10-18)8-16(23)26-14(3)4/h13-14H,7-12H2,1-6H3/p+2. The summed E-state index contributed by atoms with van der Waals surface area (Å²) in [5, 5.41) is 0. The van der Waals surface area contributed by atoms with Gasteiger partial charge in [0.1, 0.15) is 10.8 Å². The van der Waals surface area contributed by atoms with Crippen LogP contribution in [0.1, 0.15) is 40.5 Å². The van der Waals surface area contributed by atoms with Crippen molar-refractivity contribution in [3.05, 3.63) is 0 Å². The number of Topliss-reactive ketones (excluding diaryl/α,β-unsaturated/α-hetero) is 1. The average molecular weight is 370 g/mol. The Morgan fingerprint density at radius 3 is 1.42 bits per heavy atom. The maximum atomic E-state index is 13.5. The zero-order chi connectivity index (χ0) is 19.7. The summed E-state index contributed by atoms with van der Waals surface area (Å²) < 4.78 is 10.6. The smallest absolute Gasteiger partial charge is 0.307 e. The monoisotopic (exact) mass is 370 g/mol. The molecule has 0 aromatic carbocycles. The van der Waals surface area contributed by atoms with Gasteiger partial charge in [-0.3, -0.25) is 14.4 Å². The van der Waals surface area contributed by atoms with Gasteiger partial charge in [-0.15, -0.1) is 0 Å². The summed E-state index contributed by atoms with van der Waals surface area (Å²) in [4.78, 5) is 40.6. The number of hydrogen-bond acceptors (Lipinski definition) is 5. The van der Waals surface area contributed by atoms with Crippen LogP contribution in [0.2, 0.25) is 0 Å². The van der Waals surface area contributed by atoms with Gasteiger partial charge in [0.15, 0.2) is 5.78 Å². The van der Waals surface area contributed by atoms with E-state index in [1.165, 1.54) is 9.80 Å². The molecule has 26 heavy (non-hydrogen) atoms. The third kappa shape index (κ3) is 4.43. The van der Waals surface area contributed by atoms with Crippen molar-refractivity contribution in [1.29, 1.82) is 0 Å². The Morgan fingerprint density at radius 2 is 1.15 bits per heavy atom. The van der Waals surface area contributed by atoms with Crippen LogP contribution in [-0.2, 0) is 23.9 Å². The molecule has 2 bridgehead atoms. The number of hydrogen-bond donors (Lipinski definition) is 2. The van der Waals surface area contributed by atoms with Gasteiger partial charge in [0.05, 0.1) is 65.3 Å². The third-order valence-corrected chi connectivity index (χ3v) is 5.22. The van der Waals surface area contributed by atoms with Crippen LogP contribution in [0.25, 0.3) is 0 Å². The molecular formula is C19H34N2O5+2. The van der Waals surface area contributed by atoms with Gasteiger partial charge in [-0.2, -0.15) is 0 Å². The Kier molecular flexibility index (Phi) is 6.13. The van der Waals surface area contributed by atoms with E-state index in [4.69, 9.17) is 9.47 Å². The summed E-state index contributed by atoms with van der Waals surface area (Å²) in [7, 11) is 4.05. The molecule has 0 aromatic heterocycles. The highest BCUT2D eigenvalue weighted by molar-refractivity contribution is 5.97. The number of fused-ring (bicyclic) bond motifs is 2. The molecule has 0 atom stereocenters. The summed E-state index contributed by atoms with van der Waals surface area (Å²) in [5.74, 6) is -0.629. The molecular weight excluding hydrogens is 336 g/mol. The number of ether oxygens (including phenoxy) is 2. The number of quaternary nitrogens is 2. The fourth-order valence-corrected chi connectivity index (χ4v) is 5.02. The summed E-state index contributed by atoms with van der Waals surface area (Å²) in [6, 6.07) is 0. The van der Waals surface area contributed by atoms with E-state index in [1.54, 1.807) is 27.7 Å². The fourth-order valence-electron chi connectivity index (χ4n) is 5.02. The number of nitrogens with one attached hydrogen (secondary N) is 2. The molecule has 0 aromatic rings. The lowest BCUT2D eigenvalue weighted by atomic mass is 9.60. The van der Waals surface area contributed by atoms with Crippen molar-refractivity contribution < 1.29 is 33.7 Å². The van der Waals surface area contributed by atoms with E-state index in [0.29, 0.717) is 26.2 Å². The normalized spacial score (nSPS) is 34.1. The Morgan fingerprint density at radius 1 is 0.846 bits per heavy atom. The molecule has 2 N–H and O–H groups in total. The van der Waals surface area contributed by atoms with Crippen molar-refractivity contribution in [3.63, 3.8) is 0 Å². The van der Waals surface area contributed by atoms with Crippen LogP contribution in [-0.4, -0.2) is 70.2 Å². The number of carbonyl (C=O) groups excluding carboxylic acids is 3. The maximum Gasteiger partial charge on any atom is 0.307 e. The number of rotatable bonds is 6. The Labute approximate surface area is 156 Å². The second kappa shape index (κ2) is 7.64. The van der Waals surface area contributed by atoms with E-state index in [-0.39, 0.29) is 42.8 Å². The van der Waals surface area contributed by atoms with E-state index >= 15 is 0 Å². The summed E-state index contributed by atoms with van der Waals surface area (Å²) in [5.41, 5.74) is -1.54. The number of ketones is 1. The minimum Gasteiger partial charge on any atom is -0.463 e. The van der Waals surface area contributed by atoms with Gasteiger partial charge < -0.3 is 19.3 Å². The molecule has 2 fully saturated rings. The van der Waals surface area contributed by atoms with Crippen molar-refractivity contribution in [3.8, 4) is 0 Å². The Bertz CT molecular complexity index is 512. The van der Waals surface area contributed by atoms with Gasteiger partial charge >= 0.3 is 11.9 Å². The lowest BCUT2D eigenvalue weighted by molar-refractivity contribution is -0.945. The third-order valence-electron chi connectivity index (χ3n) is 5.22. The molecule has 0 saturated carbocycles. The second-order valence-electron chi connectivity index (χ2n) is 8.94. The van der Waals surface area contributed by atoms with Crippen LogP contribution in [0.15, 0.2) is 0 Å². The summed E-state index contributed by atoms with van der Waals surface area (Å²) in [6.45, 7) is 9.60. The molecule has 0 radical (unpaired) electrons.